The van der Waals surface area contributed by atoms with E-state index >= 15 is 0 Å². The van der Waals surface area contributed by atoms with Crippen LogP contribution in [0.1, 0.15) is 26.7 Å². The van der Waals surface area contributed by atoms with Gasteiger partial charge in [-0.25, -0.2) is 4.79 Å². The van der Waals surface area contributed by atoms with Crippen molar-refractivity contribution in [2.75, 3.05) is 27.4 Å². The lowest BCUT2D eigenvalue weighted by molar-refractivity contribution is -0.907. The second-order valence-corrected chi connectivity index (χ2v) is 4.35. The molecule has 0 radical (unpaired) electrons. The monoisotopic (exact) mass is 235 g/mol. The Morgan fingerprint density at radius 3 is 2.33 bits per heavy atom. The van der Waals surface area contributed by atoms with Gasteiger partial charge in [-0.05, 0) is 13.3 Å². The van der Waals surface area contributed by atoms with Crippen molar-refractivity contribution in [3.05, 3.63) is 12.2 Å². The average Bonchev–Trinajstić information content (AvgIpc) is 2.11. The van der Waals surface area contributed by atoms with E-state index < -0.39 is 0 Å². The van der Waals surface area contributed by atoms with Gasteiger partial charge in [0.2, 0.25) is 6.73 Å². The third-order valence-corrected chi connectivity index (χ3v) is 2.01. The molecule has 4 heteroatoms. The summed E-state index contributed by atoms with van der Waals surface area (Å²) >= 11 is 0. The molecule has 0 aromatic carbocycles. The van der Waals surface area contributed by atoms with Gasteiger partial charge in [-0.1, -0.05) is 19.9 Å². The van der Waals surface area contributed by atoms with Gasteiger partial charge < -0.3 is 17.1 Å². The zero-order valence-corrected chi connectivity index (χ0v) is 10.9. The second-order valence-electron chi connectivity index (χ2n) is 4.35. The minimum absolute atomic E-state index is 0. The van der Waals surface area contributed by atoms with Gasteiger partial charge in [-0.3, -0.25) is 4.48 Å². The molecule has 0 heterocycles. The van der Waals surface area contributed by atoms with Crippen LogP contribution in [-0.4, -0.2) is 37.8 Å². The maximum Gasteiger partial charge on any atom is 0.337 e. The number of nitrogens with zero attached hydrogens (tertiary/aromatic N) is 1. The number of esters is 1. The van der Waals surface area contributed by atoms with Crippen molar-refractivity contribution < 1.29 is 26.4 Å². The highest BCUT2D eigenvalue weighted by Crippen LogP contribution is 2.03. The van der Waals surface area contributed by atoms with Crippen LogP contribution in [0.15, 0.2) is 12.2 Å². The first-order valence-corrected chi connectivity index (χ1v) is 5.03. The minimum atomic E-state index is -0.298. The number of carbonyl (C=O) groups excluding carboxylic acids is 1. The van der Waals surface area contributed by atoms with E-state index in [1.54, 1.807) is 6.92 Å². The molecule has 0 amide bonds. The highest BCUT2D eigenvalue weighted by atomic mass is 35.5. The molecule has 0 aliphatic carbocycles. The van der Waals surface area contributed by atoms with Crippen LogP contribution in [-0.2, 0) is 9.53 Å². The van der Waals surface area contributed by atoms with E-state index in [0.29, 0.717) is 16.8 Å². The SMILES string of the molecule is C=C(C)C(=O)OC[N+](C)(C)CCCC.[Cl-]. The van der Waals surface area contributed by atoms with Crippen molar-refractivity contribution >= 4 is 5.97 Å². The molecule has 0 saturated heterocycles. The van der Waals surface area contributed by atoms with Crippen molar-refractivity contribution in [2.45, 2.75) is 26.7 Å². The Balaban J connectivity index is 0. The maximum atomic E-state index is 11.1. The number of hydrogen-bond acceptors (Lipinski definition) is 2. The smallest absolute Gasteiger partial charge is 0.337 e. The van der Waals surface area contributed by atoms with E-state index in [0.717, 1.165) is 19.4 Å². The molecule has 0 fully saturated rings. The van der Waals surface area contributed by atoms with E-state index in [-0.39, 0.29) is 18.4 Å². The summed E-state index contributed by atoms with van der Waals surface area (Å²) in [6.45, 7) is 8.80. The lowest BCUT2D eigenvalue weighted by Crippen LogP contribution is -3.00. The van der Waals surface area contributed by atoms with Crippen LogP contribution >= 0.6 is 0 Å². The van der Waals surface area contributed by atoms with Gasteiger partial charge in [0.25, 0.3) is 0 Å². The minimum Gasteiger partial charge on any atom is -1.00 e. The lowest BCUT2D eigenvalue weighted by Gasteiger charge is -2.28. The fraction of sp³-hybridized carbons (Fsp3) is 0.727. The fourth-order valence-corrected chi connectivity index (χ4v) is 1.01. The largest absolute Gasteiger partial charge is 1.00 e. The predicted octanol–water partition coefficient (Wildman–Crippen LogP) is -1.06. The lowest BCUT2D eigenvalue weighted by atomic mass is 10.3. The fourth-order valence-electron chi connectivity index (χ4n) is 1.01. The summed E-state index contributed by atoms with van der Waals surface area (Å²) in [5, 5.41) is 0. The first-order chi connectivity index (χ1) is 6.39. The van der Waals surface area contributed by atoms with Crippen LogP contribution in [0.25, 0.3) is 0 Å². The van der Waals surface area contributed by atoms with Crippen molar-refractivity contribution in [1.82, 2.24) is 0 Å². The first-order valence-electron chi connectivity index (χ1n) is 5.03. The summed E-state index contributed by atoms with van der Waals surface area (Å²) in [5.41, 5.74) is 0.459. The molecule has 0 aromatic heterocycles. The Kier molecular flexibility index (Phi) is 8.68. The zero-order valence-electron chi connectivity index (χ0n) is 10.2. The van der Waals surface area contributed by atoms with Gasteiger partial charge in [0.15, 0.2) is 0 Å². The number of quaternary nitrogens is 1. The number of ether oxygens (including phenoxy) is 1. The third-order valence-electron chi connectivity index (χ3n) is 2.01. The van der Waals surface area contributed by atoms with Crippen molar-refractivity contribution in [1.29, 1.82) is 0 Å². The van der Waals surface area contributed by atoms with Gasteiger partial charge in [-0.2, -0.15) is 0 Å². The number of halogens is 1. The summed E-state index contributed by atoms with van der Waals surface area (Å²) < 4.78 is 5.81. The summed E-state index contributed by atoms with van der Waals surface area (Å²) in [6, 6.07) is 0. The number of carbonyl (C=O) groups is 1. The van der Waals surface area contributed by atoms with Gasteiger partial charge in [-0.15, -0.1) is 0 Å². The molecule has 15 heavy (non-hydrogen) atoms. The molecular weight excluding hydrogens is 214 g/mol. The maximum absolute atomic E-state index is 11.1. The molecular formula is C11H22ClNO2. The van der Waals surface area contributed by atoms with Gasteiger partial charge in [0, 0.05) is 5.57 Å². The van der Waals surface area contributed by atoms with E-state index in [1.807, 2.05) is 0 Å². The van der Waals surface area contributed by atoms with Crippen molar-refractivity contribution in [3.63, 3.8) is 0 Å². The Labute approximate surface area is 99.1 Å². The summed E-state index contributed by atoms with van der Waals surface area (Å²) in [5.74, 6) is -0.298. The Bertz CT molecular complexity index is 215. The van der Waals surface area contributed by atoms with Crippen LogP contribution in [0.3, 0.4) is 0 Å². The van der Waals surface area contributed by atoms with Crippen LogP contribution < -0.4 is 12.4 Å². The summed E-state index contributed by atoms with van der Waals surface area (Å²) in [6.07, 6.45) is 2.31. The van der Waals surface area contributed by atoms with Crippen molar-refractivity contribution in [3.8, 4) is 0 Å². The van der Waals surface area contributed by atoms with Gasteiger partial charge in [0.05, 0.1) is 20.6 Å². The molecule has 0 bridgehead atoms. The van der Waals surface area contributed by atoms with Crippen LogP contribution in [0.2, 0.25) is 0 Å². The molecule has 0 aromatic rings. The molecule has 0 aliphatic rings. The Morgan fingerprint density at radius 1 is 1.40 bits per heavy atom. The molecule has 3 nitrogen and oxygen atoms in total. The number of unbranched alkanes of at least 4 members (excludes halogenated alkanes) is 1. The second kappa shape index (κ2) is 7.71. The van der Waals surface area contributed by atoms with Crippen LogP contribution in [0, 0.1) is 0 Å². The number of hydrogen-bond donors (Lipinski definition) is 0. The van der Waals surface area contributed by atoms with Crippen molar-refractivity contribution in [2.24, 2.45) is 0 Å². The summed E-state index contributed by atoms with van der Waals surface area (Å²) in [4.78, 5) is 11.1. The van der Waals surface area contributed by atoms with Crippen LogP contribution in [0.4, 0.5) is 0 Å². The van der Waals surface area contributed by atoms with Gasteiger partial charge in [0.1, 0.15) is 0 Å². The normalized spacial score (nSPS) is 10.4. The Hall–Kier alpha value is -0.540. The van der Waals surface area contributed by atoms with E-state index in [1.165, 1.54) is 0 Å². The molecule has 0 aliphatic heterocycles. The third kappa shape index (κ3) is 8.45. The highest BCUT2D eigenvalue weighted by molar-refractivity contribution is 5.86. The standard InChI is InChI=1S/C11H22NO2.ClH/c1-6-7-8-12(4,5)9-14-11(13)10(2)3;/h2,6-9H2,1,3-5H3;1H/q+1;/p-1. The van der Waals surface area contributed by atoms with Gasteiger partial charge >= 0.3 is 5.97 Å². The average molecular weight is 236 g/mol. The number of rotatable bonds is 6. The Morgan fingerprint density at radius 2 is 1.93 bits per heavy atom. The van der Waals surface area contributed by atoms with E-state index in [4.69, 9.17) is 4.74 Å². The molecule has 0 rings (SSSR count). The molecule has 0 atom stereocenters. The molecule has 0 saturated carbocycles. The quantitative estimate of drug-likeness (QED) is 0.254. The topological polar surface area (TPSA) is 26.3 Å². The predicted molar refractivity (Wildman–Crippen MR) is 57.7 cm³/mol. The highest BCUT2D eigenvalue weighted by Gasteiger charge is 2.16. The molecule has 0 N–H and O–H groups in total. The molecule has 0 spiro atoms. The van der Waals surface area contributed by atoms with E-state index in [9.17, 15) is 4.79 Å². The zero-order chi connectivity index (χ0) is 11.2. The summed E-state index contributed by atoms with van der Waals surface area (Å²) in [7, 11) is 4.11. The van der Waals surface area contributed by atoms with E-state index in [2.05, 4.69) is 27.6 Å². The molecule has 90 valence electrons. The van der Waals surface area contributed by atoms with Crippen LogP contribution in [0.5, 0.6) is 0 Å². The first kappa shape index (κ1) is 16.9. The molecule has 0 unspecified atom stereocenters.